The number of benzene rings is 2. The van der Waals surface area contributed by atoms with Gasteiger partial charge in [0.15, 0.2) is 5.13 Å². The highest BCUT2D eigenvalue weighted by Gasteiger charge is 2.33. The van der Waals surface area contributed by atoms with Crippen LogP contribution in [0.15, 0.2) is 42.6 Å². The van der Waals surface area contributed by atoms with Gasteiger partial charge in [-0.2, -0.15) is 23.3 Å². The minimum Gasteiger partial charge on any atom is -0.492 e. The number of nitrogens with zero attached hydrogens (tertiary/aromatic N) is 4. The molecule has 1 aliphatic rings. The van der Waals surface area contributed by atoms with Gasteiger partial charge in [0.2, 0.25) is 11.8 Å². The highest BCUT2D eigenvalue weighted by atomic mass is 35.5. The molecule has 0 radical (unpaired) electrons. The number of nitrogens with one attached hydrogen (secondary N) is 1. The molecule has 4 aromatic rings. The van der Waals surface area contributed by atoms with Gasteiger partial charge >= 0.3 is 6.18 Å². The Morgan fingerprint density at radius 1 is 1.18 bits per heavy atom. The fourth-order valence-electron chi connectivity index (χ4n) is 4.38. The molecule has 198 valence electrons. The number of hydrogen-bond donors (Lipinski definition) is 3. The molecule has 0 atom stereocenters. The van der Waals surface area contributed by atoms with Gasteiger partial charge in [-0.05, 0) is 41.5 Å². The summed E-state index contributed by atoms with van der Waals surface area (Å²) < 4.78 is 41.7. The standard InChI is InChI=1S/C25H22ClF3N6O2S/c26-17-3-1-15(19(11-17)25(27,28)29)10-18(14-2-4-20-16(9-14)12-31-33-20)22-23(37)32-24(38-22)35-7-5-34(6-8-35)13-21(30)36/h1-4,9-12,37H,5-8,13H2,(H2,30,36)(H,31,33). The minimum absolute atomic E-state index is 0.0331. The summed E-state index contributed by atoms with van der Waals surface area (Å²) in [5.74, 6) is -0.692. The molecule has 1 saturated heterocycles. The maximum atomic E-state index is 13.9. The zero-order valence-electron chi connectivity index (χ0n) is 19.8. The normalized spacial score (nSPS) is 15.4. The van der Waals surface area contributed by atoms with E-state index in [0.717, 1.165) is 17.0 Å². The fraction of sp³-hybridized carbons (Fsp3) is 0.240. The van der Waals surface area contributed by atoms with Crippen LogP contribution in [0.1, 0.15) is 21.6 Å². The summed E-state index contributed by atoms with van der Waals surface area (Å²) in [6.07, 6.45) is -1.63. The van der Waals surface area contributed by atoms with E-state index in [1.54, 1.807) is 24.4 Å². The Labute approximate surface area is 224 Å². The maximum absolute atomic E-state index is 13.9. The summed E-state index contributed by atoms with van der Waals surface area (Å²) in [5.41, 5.74) is 6.02. The van der Waals surface area contributed by atoms with Crippen LogP contribution in [0.4, 0.5) is 18.3 Å². The lowest BCUT2D eigenvalue weighted by Crippen LogP contribution is -2.48. The number of rotatable bonds is 6. The number of carbonyl (C=O) groups excluding carboxylic acids is 1. The van der Waals surface area contributed by atoms with Crippen LogP contribution in [0, 0.1) is 0 Å². The van der Waals surface area contributed by atoms with E-state index >= 15 is 0 Å². The lowest BCUT2D eigenvalue weighted by molar-refractivity contribution is -0.137. The summed E-state index contributed by atoms with van der Waals surface area (Å²) in [6.45, 7) is 2.43. The summed E-state index contributed by atoms with van der Waals surface area (Å²) in [6, 6.07) is 8.89. The molecule has 1 aliphatic heterocycles. The van der Waals surface area contributed by atoms with Crippen molar-refractivity contribution in [2.75, 3.05) is 37.6 Å². The molecule has 1 amide bonds. The maximum Gasteiger partial charge on any atom is 0.417 e. The number of piperazine rings is 1. The number of aromatic nitrogens is 3. The summed E-state index contributed by atoms with van der Waals surface area (Å²) in [4.78, 5) is 19.8. The quantitative estimate of drug-likeness (QED) is 0.296. The molecule has 5 rings (SSSR count). The lowest BCUT2D eigenvalue weighted by Gasteiger charge is -2.33. The number of aromatic amines is 1. The molecule has 4 N–H and O–H groups in total. The van der Waals surface area contributed by atoms with Crippen molar-refractivity contribution in [2.45, 2.75) is 6.18 Å². The lowest BCUT2D eigenvalue weighted by atomic mass is 9.98. The van der Waals surface area contributed by atoms with E-state index in [2.05, 4.69) is 15.2 Å². The largest absolute Gasteiger partial charge is 0.492 e. The van der Waals surface area contributed by atoms with Gasteiger partial charge in [0.25, 0.3) is 0 Å². The van der Waals surface area contributed by atoms with Crippen molar-refractivity contribution in [3.8, 4) is 5.88 Å². The van der Waals surface area contributed by atoms with E-state index < -0.39 is 17.6 Å². The number of halogens is 4. The van der Waals surface area contributed by atoms with Gasteiger partial charge in [-0.3, -0.25) is 14.8 Å². The first kappa shape index (κ1) is 26.0. The van der Waals surface area contributed by atoms with Crippen LogP contribution >= 0.6 is 22.9 Å². The number of primary amides is 1. The van der Waals surface area contributed by atoms with Crippen molar-refractivity contribution in [2.24, 2.45) is 5.73 Å². The Morgan fingerprint density at radius 3 is 2.66 bits per heavy atom. The van der Waals surface area contributed by atoms with Gasteiger partial charge < -0.3 is 15.7 Å². The molecule has 2 aromatic carbocycles. The molecule has 0 saturated carbocycles. The molecular formula is C25H22ClF3N6O2S. The van der Waals surface area contributed by atoms with Crippen LogP contribution < -0.4 is 10.6 Å². The van der Waals surface area contributed by atoms with Crippen LogP contribution in [0.5, 0.6) is 5.88 Å². The van der Waals surface area contributed by atoms with Gasteiger partial charge in [-0.1, -0.05) is 35.1 Å². The van der Waals surface area contributed by atoms with E-state index in [0.29, 0.717) is 47.3 Å². The van der Waals surface area contributed by atoms with Crippen molar-refractivity contribution in [1.29, 1.82) is 0 Å². The SMILES string of the molecule is NC(=O)CN1CCN(c2nc(O)c(C(=Cc3ccc(Cl)cc3C(F)(F)F)c3ccc4[nH]ncc4c3)s2)CC1. The molecule has 2 aromatic heterocycles. The Kier molecular flexibility index (Phi) is 7.03. The van der Waals surface area contributed by atoms with Crippen molar-refractivity contribution in [3.63, 3.8) is 0 Å². The average molecular weight is 563 g/mol. The molecular weight excluding hydrogens is 541 g/mol. The van der Waals surface area contributed by atoms with Gasteiger partial charge in [0.1, 0.15) is 4.88 Å². The number of alkyl halides is 3. The van der Waals surface area contributed by atoms with E-state index in [-0.39, 0.29) is 23.0 Å². The number of nitrogens with two attached hydrogens (primary N) is 1. The van der Waals surface area contributed by atoms with Crippen LogP contribution in [-0.2, 0) is 11.0 Å². The second-order valence-electron chi connectivity index (χ2n) is 8.84. The molecule has 0 aliphatic carbocycles. The predicted octanol–water partition coefficient (Wildman–Crippen LogP) is 4.59. The number of H-pyrrole nitrogens is 1. The second-order valence-corrected chi connectivity index (χ2v) is 10.3. The monoisotopic (exact) mass is 562 g/mol. The highest BCUT2D eigenvalue weighted by Crippen LogP contribution is 2.42. The predicted molar refractivity (Wildman–Crippen MR) is 141 cm³/mol. The van der Waals surface area contributed by atoms with Crippen molar-refractivity contribution in [1.82, 2.24) is 20.1 Å². The van der Waals surface area contributed by atoms with E-state index in [9.17, 15) is 23.1 Å². The van der Waals surface area contributed by atoms with Crippen LogP contribution in [-0.4, -0.2) is 63.8 Å². The summed E-state index contributed by atoms with van der Waals surface area (Å²) in [5, 5.41) is 19.0. The summed E-state index contributed by atoms with van der Waals surface area (Å²) >= 11 is 7.07. The molecule has 0 spiro atoms. The van der Waals surface area contributed by atoms with E-state index in [1.807, 2.05) is 9.80 Å². The number of anilines is 1. The van der Waals surface area contributed by atoms with Gasteiger partial charge in [0.05, 0.1) is 23.8 Å². The number of thiazole rings is 1. The third-order valence-corrected chi connectivity index (χ3v) is 7.61. The average Bonchev–Trinajstić information content (AvgIpc) is 3.49. The van der Waals surface area contributed by atoms with E-state index in [1.165, 1.54) is 29.5 Å². The van der Waals surface area contributed by atoms with Crippen LogP contribution in [0.3, 0.4) is 0 Å². The zero-order valence-corrected chi connectivity index (χ0v) is 21.4. The number of amides is 1. The van der Waals surface area contributed by atoms with Crippen molar-refractivity contribution < 1.29 is 23.1 Å². The number of carbonyl (C=O) groups is 1. The van der Waals surface area contributed by atoms with Gasteiger partial charge in [-0.15, -0.1) is 0 Å². The first-order valence-electron chi connectivity index (χ1n) is 11.6. The molecule has 0 unspecified atom stereocenters. The molecule has 3 heterocycles. The van der Waals surface area contributed by atoms with Crippen molar-refractivity contribution >= 4 is 56.5 Å². The van der Waals surface area contributed by atoms with Gasteiger partial charge in [-0.25, -0.2) is 0 Å². The van der Waals surface area contributed by atoms with Crippen LogP contribution in [0.2, 0.25) is 5.02 Å². The van der Waals surface area contributed by atoms with Gasteiger partial charge in [0, 0.05) is 42.2 Å². The molecule has 38 heavy (non-hydrogen) atoms. The zero-order chi connectivity index (χ0) is 27.0. The molecule has 8 nitrogen and oxygen atoms in total. The number of fused-ring (bicyclic) bond motifs is 1. The third kappa shape index (κ3) is 5.47. The topological polar surface area (TPSA) is 111 Å². The minimum atomic E-state index is -4.64. The van der Waals surface area contributed by atoms with Crippen molar-refractivity contribution in [3.05, 3.63) is 69.2 Å². The summed E-state index contributed by atoms with van der Waals surface area (Å²) in [7, 11) is 0. The smallest absolute Gasteiger partial charge is 0.417 e. The number of hydrogen-bond acceptors (Lipinski definition) is 7. The number of aromatic hydroxyl groups is 1. The fourth-order valence-corrected chi connectivity index (χ4v) is 5.60. The Hall–Kier alpha value is -3.61. The van der Waals surface area contributed by atoms with Crippen LogP contribution in [0.25, 0.3) is 22.6 Å². The Bertz CT molecular complexity index is 1530. The first-order valence-corrected chi connectivity index (χ1v) is 12.8. The first-order chi connectivity index (χ1) is 18.1. The molecule has 1 fully saturated rings. The Morgan fingerprint density at radius 2 is 1.95 bits per heavy atom. The van der Waals surface area contributed by atoms with E-state index in [4.69, 9.17) is 17.3 Å². The molecule has 0 bridgehead atoms. The molecule has 13 heteroatoms. The highest BCUT2D eigenvalue weighted by molar-refractivity contribution is 7.17. The third-order valence-electron chi connectivity index (χ3n) is 6.24. The Balaban J connectivity index is 1.58. The second kappa shape index (κ2) is 10.3.